The second kappa shape index (κ2) is 7.43. The number of rotatable bonds is 6. The second-order valence-corrected chi connectivity index (χ2v) is 6.65. The van der Waals surface area contributed by atoms with Gasteiger partial charge in [0, 0.05) is 42.8 Å². The average Bonchev–Trinajstić information content (AvgIpc) is 3.43. The lowest BCUT2D eigenvalue weighted by Crippen LogP contribution is -2.18. The normalized spacial score (nSPS) is 11.2. The maximum absolute atomic E-state index is 12.8. The topological polar surface area (TPSA) is 138 Å². The number of aryl methyl sites for hydroxylation is 2. The third-order valence-corrected chi connectivity index (χ3v) is 4.84. The largest absolute Gasteiger partial charge is 0.364 e. The van der Waals surface area contributed by atoms with Gasteiger partial charge in [-0.05, 0) is 26.8 Å². The monoisotopic (exact) mass is 407 g/mol. The minimum Gasteiger partial charge on any atom is -0.364 e. The number of aromatic nitrogens is 7. The van der Waals surface area contributed by atoms with Crippen LogP contribution in [0.25, 0.3) is 16.9 Å². The van der Waals surface area contributed by atoms with E-state index in [4.69, 9.17) is 5.73 Å². The van der Waals surface area contributed by atoms with Gasteiger partial charge in [0.05, 0.1) is 17.6 Å². The number of carbonyl (C=O) groups is 2. The molecule has 4 heterocycles. The summed E-state index contributed by atoms with van der Waals surface area (Å²) >= 11 is 0. The smallest absolute Gasteiger partial charge is 0.276 e. The average molecular weight is 407 g/mol. The lowest BCUT2D eigenvalue weighted by Gasteiger charge is -2.05. The maximum Gasteiger partial charge on any atom is 0.276 e. The number of amides is 2. The van der Waals surface area contributed by atoms with Crippen molar-refractivity contribution < 1.29 is 9.59 Å². The molecule has 0 unspecified atom stereocenters. The van der Waals surface area contributed by atoms with Crippen LogP contribution in [0.2, 0.25) is 0 Å². The van der Waals surface area contributed by atoms with Gasteiger partial charge in [-0.3, -0.25) is 19.0 Å². The third kappa shape index (κ3) is 3.19. The Morgan fingerprint density at radius 1 is 1.20 bits per heavy atom. The van der Waals surface area contributed by atoms with Crippen molar-refractivity contribution in [1.29, 1.82) is 0 Å². The highest BCUT2D eigenvalue weighted by molar-refractivity contribution is 6.07. The summed E-state index contributed by atoms with van der Waals surface area (Å²) in [5.41, 5.74) is 8.92. The molecule has 4 aromatic rings. The zero-order valence-corrected chi connectivity index (χ0v) is 16.8. The van der Waals surface area contributed by atoms with Crippen molar-refractivity contribution in [3.05, 3.63) is 47.8 Å². The second-order valence-electron chi connectivity index (χ2n) is 6.65. The first-order chi connectivity index (χ1) is 14.4. The number of nitrogens with zero attached hydrogens (tertiary/aromatic N) is 7. The predicted molar refractivity (Wildman–Crippen MR) is 109 cm³/mol. The van der Waals surface area contributed by atoms with Crippen LogP contribution in [0.3, 0.4) is 0 Å². The standard InChI is InChI=1S/C19H21N9O2/c1-4-26-10-14(17(25-26)18(20)29)23-19(30)13-8-16-21-7-6-15(28(16)24-13)12-9-22-27(5-2)11(12)3/h6-10H,4-5H2,1-3H3,(H2,20,29)(H,23,30). The summed E-state index contributed by atoms with van der Waals surface area (Å²) in [6, 6.07) is 3.40. The van der Waals surface area contributed by atoms with Crippen molar-refractivity contribution in [2.24, 2.45) is 5.73 Å². The molecule has 0 saturated heterocycles. The Hall–Kier alpha value is -4.02. The van der Waals surface area contributed by atoms with Crippen molar-refractivity contribution in [3.8, 4) is 11.3 Å². The molecular formula is C19H21N9O2. The molecule has 0 saturated carbocycles. The van der Waals surface area contributed by atoms with Gasteiger partial charge >= 0.3 is 0 Å². The Morgan fingerprint density at radius 2 is 2.00 bits per heavy atom. The summed E-state index contributed by atoms with van der Waals surface area (Å²) in [5.74, 6) is -1.22. The van der Waals surface area contributed by atoms with E-state index < -0.39 is 11.8 Å². The van der Waals surface area contributed by atoms with Crippen molar-refractivity contribution in [3.63, 3.8) is 0 Å². The predicted octanol–water partition coefficient (Wildman–Crippen LogP) is 1.49. The highest BCUT2D eigenvalue weighted by Gasteiger charge is 2.20. The van der Waals surface area contributed by atoms with E-state index in [1.54, 1.807) is 29.2 Å². The van der Waals surface area contributed by atoms with E-state index in [-0.39, 0.29) is 17.1 Å². The van der Waals surface area contributed by atoms with Gasteiger partial charge in [0.1, 0.15) is 0 Å². The molecule has 154 valence electrons. The van der Waals surface area contributed by atoms with Gasteiger partial charge in [-0.25, -0.2) is 9.50 Å². The summed E-state index contributed by atoms with van der Waals surface area (Å²) < 4.78 is 5.01. The molecule has 0 fully saturated rings. The van der Waals surface area contributed by atoms with Crippen LogP contribution in [0.4, 0.5) is 5.69 Å². The van der Waals surface area contributed by atoms with Crippen LogP contribution < -0.4 is 11.1 Å². The number of nitrogens with two attached hydrogens (primary N) is 1. The van der Waals surface area contributed by atoms with Crippen LogP contribution in [-0.2, 0) is 13.1 Å². The lowest BCUT2D eigenvalue weighted by molar-refractivity contribution is 0.0995. The van der Waals surface area contributed by atoms with Crippen LogP contribution in [0.5, 0.6) is 0 Å². The number of fused-ring (bicyclic) bond motifs is 1. The molecule has 0 bridgehead atoms. The van der Waals surface area contributed by atoms with Gasteiger partial charge in [0.2, 0.25) is 0 Å². The molecule has 0 aliphatic heterocycles. The molecule has 0 spiro atoms. The van der Waals surface area contributed by atoms with Crippen LogP contribution in [0, 0.1) is 6.92 Å². The number of hydrogen-bond acceptors (Lipinski definition) is 6. The highest BCUT2D eigenvalue weighted by Crippen LogP contribution is 2.24. The first-order valence-corrected chi connectivity index (χ1v) is 9.49. The van der Waals surface area contributed by atoms with Crippen molar-refractivity contribution in [2.45, 2.75) is 33.9 Å². The van der Waals surface area contributed by atoms with Gasteiger partial charge < -0.3 is 11.1 Å². The number of hydrogen-bond donors (Lipinski definition) is 2. The van der Waals surface area contributed by atoms with Gasteiger partial charge in [0.15, 0.2) is 17.0 Å². The first-order valence-electron chi connectivity index (χ1n) is 9.49. The summed E-state index contributed by atoms with van der Waals surface area (Å²) in [5, 5.41) is 15.5. The van der Waals surface area contributed by atoms with Gasteiger partial charge in [-0.1, -0.05) is 0 Å². The van der Waals surface area contributed by atoms with E-state index in [0.717, 1.165) is 23.5 Å². The van der Waals surface area contributed by atoms with E-state index in [2.05, 4.69) is 25.6 Å². The van der Waals surface area contributed by atoms with Gasteiger partial charge in [0.25, 0.3) is 11.8 Å². The summed E-state index contributed by atoms with van der Waals surface area (Å²) in [4.78, 5) is 28.7. The number of nitrogens with one attached hydrogen (secondary N) is 1. The molecule has 11 heteroatoms. The first kappa shape index (κ1) is 19.3. The van der Waals surface area contributed by atoms with E-state index in [0.29, 0.717) is 12.2 Å². The van der Waals surface area contributed by atoms with E-state index in [1.807, 2.05) is 31.5 Å². The fourth-order valence-corrected chi connectivity index (χ4v) is 3.27. The molecule has 2 amide bonds. The maximum atomic E-state index is 12.8. The minimum absolute atomic E-state index is 0.00428. The minimum atomic E-state index is -0.722. The Labute approximate surface area is 171 Å². The quantitative estimate of drug-likeness (QED) is 0.497. The van der Waals surface area contributed by atoms with Gasteiger partial charge in [-0.2, -0.15) is 15.3 Å². The Kier molecular flexibility index (Phi) is 4.78. The van der Waals surface area contributed by atoms with Gasteiger partial charge in [-0.15, -0.1) is 0 Å². The Bertz CT molecular complexity index is 1260. The van der Waals surface area contributed by atoms with E-state index >= 15 is 0 Å². The van der Waals surface area contributed by atoms with Crippen LogP contribution in [0.15, 0.2) is 30.7 Å². The van der Waals surface area contributed by atoms with E-state index in [1.165, 1.54) is 4.68 Å². The molecule has 30 heavy (non-hydrogen) atoms. The summed E-state index contributed by atoms with van der Waals surface area (Å²) in [6.45, 7) is 7.14. The summed E-state index contributed by atoms with van der Waals surface area (Å²) in [6.07, 6.45) is 4.99. The molecule has 4 rings (SSSR count). The molecule has 0 aliphatic carbocycles. The van der Waals surface area contributed by atoms with Crippen LogP contribution >= 0.6 is 0 Å². The summed E-state index contributed by atoms with van der Waals surface area (Å²) in [7, 11) is 0. The molecule has 4 aromatic heterocycles. The van der Waals surface area contributed by atoms with Crippen molar-refractivity contribution in [2.75, 3.05) is 5.32 Å². The Balaban J connectivity index is 1.71. The third-order valence-electron chi connectivity index (χ3n) is 4.84. The number of carbonyl (C=O) groups excluding carboxylic acids is 2. The molecule has 0 atom stereocenters. The van der Waals surface area contributed by atoms with Crippen molar-refractivity contribution in [1.82, 2.24) is 34.2 Å². The molecule has 0 aliphatic rings. The molecule has 0 aromatic carbocycles. The lowest BCUT2D eigenvalue weighted by atomic mass is 10.2. The molecule has 3 N–H and O–H groups in total. The van der Waals surface area contributed by atoms with Crippen molar-refractivity contribution >= 4 is 23.1 Å². The SMILES string of the molecule is CCn1cc(NC(=O)c2cc3nccc(-c4cnn(CC)c4C)n3n2)c(C(N)=O)n1. The zero-order chi connectivity index (χ0) is 21.4. The fraction of sp³-hybridized carbons (Fsp3) is 0.263. The Morgan fingerprint density at radius 3 is 2.67 bits per heavy atom. The molecule has 0 radical (unpaired) electrons. The molecular weight excluding hydrogens is 386 g/mol. The highest BCUT2D eigenvalue weighted by atomic mass is 16.2. The number of anilines is 1. The fourth-order valence-electron chi connectivity index (χ4n) is 3.27. The van der Waals surface area contributed by atoms with Crippen LogP contribution in [0.1, 0.15) is 40.5 Å². The van der Waals surface area contributed by atoms with E-state index in [9.17, 15) is 9.59 Å². The molecule has 11 nitrogen and oxygen atoms in total. The van der Waals surface area contributed by atoms with Crippen LogP contribution in [-0.4, -0.2) is 46.0 Å². The zero-order valence-electron chi connectivity index (χ0n) is 16.8. The number of primary amides is 1.